The second-order valence-corrected chi connectivity index (χ2v) is 5.34. The van der Waals surface area contributed by atoms with Gasteiger partial charge < -0.3 is 20.1 Å². The van der Waals surface area contributed by atoms with Crippen LogP contribution in [0.2, 0.25) is 0 Å². The maximum absolute atomic E-state index is 12.0. The average molecular weight is 284 g/mol. The van der Waals surface area contributed by atoms with E-state index in [0.717, 1.165) is 5.57 Å². The van der Waals surface area contributed by atoms with Crippen LogP contribution in [0.25, 0.3) is 0 Å². The van der Waals surface area contributed by atoms with Crippen molar-refractivity contribution in [1.29, 1.82) is 0 Å². The van der Waals surface area contributed by atoms with Crippen molar-refractivity contribution in [3.8, 4) is 0 Å². The normalized spacial score (nSPS) is 22.4. The number of urea groups is 1. The molecule has 1 fully saturated rings. The summed E-state index contributed by atoms with van der Waals surface area (Å²) in [6.45, 7) is 9.35. The van der Waals surface area contributed by atoms with Crippen LogP contribution in [0, 0.1) is 5.92 Å². The summed E-state index contributed by atoms with van der Waals surface area (Å²) in [6, 6.07) is -0.207. The molecule has 1 rings (SSSR count). The third-order valence-corrected chi connectivity index (χ3v) is 3.36. The van der Waals surface area contributed by atoms with E-state index in [0.29, 0.717) is 39.1 Å². The quantitative estimate of drug-likeness (QED) is 0.572. The lowest BCUT2D eigenvalue weighted by Crippen LogP contribution is -2.50. The SMILES string of the molecule is C=C(C)COCCNC(=O)N1CCC(C(=O)O)CC1C. The monoisotopic (exact) mass is 284 g/mol. The molecule has 2 unspecified atom stereocenters. The van der Waals surface area contributed by atoms with Crippen LogP contribution in [0.1, 0.15) is 26.7 Å². The number of hydrogen-bond acceptors (Lipinski definition) is 3. The van der Waals surface area contributed by atoms with E-state index in [-0.39, 0.29) is 18.0 Å². The molecule has 0 saturated carbocycles. The molecule has 1 saturated heterocycles. The number of carboxylic acids is 1. The molecule has 0 bridgehead atoms. The highest BCUT2D eigenvalue weighted by Gasteiger charge is 2.31. The molecule has 114 valence electrons. The van der Waals surface area contributed by atoms with Gasteiger partial charge in [-0.1, -0.05) is 12.2 Å². The van der Waals surface area contributed by atoms with E-state index in [4.69, 9.17) is 9.84 Å². The molecule has 0 aromatic carbocycles. The van der Waals surface area contributed by atoms with Gasteiger partial charge in [0, 0.05) is 19.1 Å². The van der Waals surface area contributed by atoms with E-state index in [1.165, 1.54) is 0 Å². The Labute approximate surface area is 119 Å². The summed E-state index contributed by atoms with van der Waals surface area (Å²) >= 11 is 0. The molecule has 2 N–H and O–H groups in total. The van der Waals surface area contributed by atoms with E-state index < -0.39 is 5.97 Å². The van der Waals surface area contributed by atoms with E-state index in [9.17, 15) is 9.59 Å². The predicted octanol–water partition coefficient (Wildman–Crippen LogP) is 1.47. The van der Waals surface area contributed by atoms with Gasteiger partial charge in [-0.25, -0.2) is 4.79 Å². The molecule has 2 atom stereocenters. The first-order chi connectivity index (χ1) is 9.41. The highest BCUT2D eigenvalue weighted by Crippen LogP contribution is 2.22. The summed E-state index contributed by atoms with van der Waals surface area (Å²) in [5.41, 5.74) is 0.945. The maximum atomic E-state index is 12.0. The fourth-order valence-electron chi connectivity index (χ4n) is 2.28. The Morgan fingerprint density at radius 2 is 2.20 bits per heavy atom. The highest BCUT2D eigenvalue weighted by molar-refractivity contribution is 5.75. The van der Waals surface area contributed by atoms with Gasteiger partial charge in [0.05, 0.1) is 19.1 Å². The molecule has 1 aliphatic rings. The van der Waals surface area contributed by atoms with Crippen LogP contribution in [-0.2, 0) is 9.53 Å². The molecule has 0 aliphatic carbocycles. The van der Waals surface area contributed by atoms with Crippen LogP contribution in [0.5, 0.6) is 0 Å². The minimum absolute atomic E-state index is 0.0545. The number of aliphatic carboxylic acids is 1. The lowest BCUT2D eigenvalue weighted by atomic mass is 9.92. The van der Waals surface area contributed by atoms with Gasteiger partial charge in [0.25, 0.3) is 0 Å². The molecule has 20 heavy (non-hydrogen) atoms. The van der Waals surface area contributed by atoms with Crippen molar-refractivity contribution in [2.75, 3.05) is 26.3 Å². The largest absolute Gasteiger partial charge is 0.481 e. The number of likely N-dealkylation sites (tertiary alicyclic amines) is 1. The van der Waals surface area contributed by atoms with E-state index in [1.54, 1.807) is 4.90 Å². The van der Waals surface area contributed by atoms with Crippen LogP contribution in [0.3, 0.4) is 0 Å². The number of amides is 2. The molecule has 1 aliphatic heterocycles. The molecule has 0 spiro atoms. The molecule has 6 heteroatoms. The Bertz CT molecular complexity index is 370. The Hall–Kier alpha value is -1.56. The zero-order chi connectivity index (χ0) is 15.1. The number of nitrogens with zero attached hydrogens (tertiary/aromatic N) is 1. The fourth-order valence-corrected chi connectivity index (χ4v) is 2.28. The Morgan fingerprint density at radius 1 is 1.50 bits per heavy atom. The molecule has 0 aromatic heterocycles. The summed E-state index contributed by atoms with van der Waals surface area (Å²) in [5.74, 6) is -1.11. The van der Waals surface area contributed by atoms with Crippen LogP contribution in [-0.4, -0.2) is 54.4 Å². The van der Waals surface area contributed by atoms with Crippen molar-refractivity contribution in [1.82, 2.24) is 10.2 Å². The molecular weight excluding hydrogens is 260 g/mol. The van der Waals surface area contributed by atoms with E-state index in [2.05, 4.69) is 11.9 Å². The number of nitrogens with one attached hydrogen (secondary N) is 1. The number of carbonyl (C=O) groups excluding carboxylic acids is 1. The first kappa shape index (κ1) is 16.5. The Balaban J connectivity index is 2.26. The van der Waals surface area contributed by atoms with Gasteiger partial charge in [-0.2, -0.15) is 0 Å². The molecular formula is C14H24N2O4. The first-order valence-corrected chi connectivity index (χ1v) is 6.91. The maximum Gasteiger partial charge on any atom is 0.317 e. The van der Waals surface area contributed by atoms with Gasteiger partial charge in [-0.15, -0.1) is 0 Å². The van der Waals surface area contributed by atoms with Crippen molar-refractivity contribution in [2.24, 2.45) is 5.92 Å². The topological polar surface area (TPSA) is 78.9 Å². The van der Waals surface area contributed by atoms with E-state index >= 15 is 0 Å². The minimum atomic E-state index is -0.773. The molecule has 6 nitrogen and oxygen atoms in total. The van der Waals surface area contributed by atoms with Crippen molar-refractivity contribution in [3.63, 3.8) is 0 Å². The van der Waals surface area contributed by atoms with Crippen molar-refractivity contribution in [3.05, 3.63) is 12.2 Å². The van der Waals surface area contributed by atoms with Gasteiger partial charge in [0.1, 0.15) is 0 Å². The van der Waals surface area contributed by atoms with Crippen LogP contribution in [0.15, 0.2) is 12.2 Å². The van der Waals surface area contributed by atoms with Gasteiger partial charge >= 0.3 is 12.0 Å². The molecule has 0 aromatic rings. The number of rotatable bonds is 6. The van der Waals surface area contributed by atoms with Crippen molar-refractivity contribution in [2.45, 2.75) is 32.7 Å². The molecule has 0 radical (unpaired) electrons. The average Bonchev–Trinajstić information content (AvgIpc) is 2.37. The van der Waals surface area contributed by atoms with Gasteiger partial charge in [-0.3, -0.25) is 4.79 Å². The Kier molecular flexibility index (Phi) is 6.51. The summed E-state index contributed by atoms with van der Waals surface area (Å²) < 4.78 is 5.30. The highest BCUT2D eigenvalue weighted by atomic mass is 16.5. The van der Waals surface area contributed by atoms with Crippen LogP contribution in [0.4, 0.5) is 4.79 Å². The lowest BCUT2D eigenvalue weighted by Gasteiger charge is -2.36. The first-order valence-electron chi connectivity index (χ1n) is 6.91. The second-order valence-electron chi connectivity index (χ2n) is 5.34. The third-order valence-electron chi connectivity index (χ3n) is 3.36. The van der Waals surface area contributed by atoms with Crippen molar-refractivity contribution < 1.29 is 19.4 Å². The molecule has 2 amide bonds. The minimum Gasteiger partial charge on any atom is -0.481 e. The standard InChI is InChI=1S/C14H24N2O4/c1-10(2)9-20-7-5-15-14(19)16-6-4-12(13(17)18)8-11(16)3/h11-12H,1,4-9H2,2-3H3,(H,15,19)(H,17,18). The summed E-state index contributed by atoms with van der Waals surface area (Å²) in [4.78, 5) is 24.6. The zero-order valence-electron chi connectivity index (χ0n) is 12.2. The lowest BCUT2D eigenvalue weighted by molar-refractivity contribution is -0.143. The number of piperidine rings is 1. The number of ether oxygens (including phenoxy) is 1. The number of carboxylic acid groups (broad SMARTS) is 1. The third kappa shape index (κ3) is 5.21. The zero-order valence-corrected chi connectivity index (χ0v) is 12.2. The van der Waals surface area contributed by atoms with Crippen LogP contribution < -0.4 is 5.32 Å². The fraction of sp³-hybridized carbons (Fsp3) is 0.714. The predicted molar refractivity (Wildman–Crippen MR) is 75.6 cm³/mol. The smallest absolute Gasteiger partial charge is 0.317 e. The molecule has 1 heterocycles. The van der Waals surface area contributed by atoms with Gasteiger partial charge in [-0.05, 0) is 26.7 Å². The summed E-state index contributed by atoms with van der Waals surface area (Å²) in [6.07, 6.45) is 1.02. The van der Waals surface area contributed by atoms with Crippen molar-refractivity contribution >= 4 is 12.0 Å². The summed E-state index contributed by atoms with van der Waals surface area (Å²) in [5, 5.41) is 11.8. The summed E-state index contributed by atoms with van der Waals surface area (Å²) in [7, 11) is 0. The number of carbonyl (C=O) groups is 2. The van der Waals surface area contributed by atoms with Gasteiger partial charge in [0.2, 0.25) is 0 Å². The Morgan fingerprint density at radius 3 is 2.75 bits per heavy atom. The van der Waals surface area contributed by atoms with Gasteiger partial charge in [0.15, 0.2) is 0 Å². The van der Waals surface area contributed by atoms with Crippen LogP contribution >= 0.6 is 0 Å². The number of hydrogen-bond donors (Lipinski definition) is 2. The van der Waals surface area contributed by atoms with E-state index in [1.807, 2.05) is 13.8 Å². The second kappa shape index (κ2) is 7.89.